The number of hydrogen-bond donors (Lipinski definition) is 0. The van der Waals surface area contributed by atoms with E-state index in [0.29, 0.717) is 13.1 Å². The Labute approximate surface area is 93.5 Å². The number of carboxylic acid groups (broad SMARTS) is 1. The highest BCUT2D eigenvalue weighted by atomic mass is 16.4. The third kappa shape index (κ3) is 1.91. The standard InChI is InChI=1S/C12H13NO3/c14-11(13-7-3-4-8-13)9-5-1-2-6-10(9)12(15)16/h1-2,5-6H,3-4,7-8H2,(H,15,16)/p-1. The van der Waals surface area contributed by atoms with Gasteiger partial charge in [0.15, 0.2) is 0 Å². The van der Waals surface area contributed by atoms with Gasteiger partial charge in [-0.05, 0) is 18.9 Å². The molecule has 4 nitrogen and oxygen atoms in total. The first-order chi connectivity index (χ1) is 7.70. The topological polar surface area (TPSA) is 60.4 Å². The molecule has 1 amide bonds. The SMILES string of the molecule is O=C([O-])c1ccccc1C(=O)N1CCCC1. The summed E-state index contributed by atoms with van der Waals surface area (Å²) >= 11 is 0. The molecule has 0 atom stereocenters. The zero-order valence-electron chi connectivity index (χ0n) is 8.81. The summed E-state index contributed by atoms with van der Waals surface area (Å²) in [4.78, 5) is 24.5. The van der Waals surface area contributed by atoms with Crippen LogP contribution in [0.1, 0.15) is 33.6 Å². The summed E-state index contributed by atoms with van der Waals surface area (Å²) < 4.78 is 0. The van der Waals surface area contributed by atoms with E-state index in [2.05, 4.69) is 0 Å². The van der Waals surface area contributed by atoms with Gasteiger partial charge >= 0.3 is 0 Å². The second-order valence-electron chi connectivity index (χ2n) is 3.83. The highest BCUT2D eigenvalue weighted by Gasteiger charge is 2.21. The lowest BCUT2D eigenvalue weighted by molar-refractivity contribution is -0.255. The van der Waals surface area contributed by atoms with Crippen LogP contribution in [0.5, 0.6) is 0 Å². The Balaban J connectivity index is 2.32. The van der Waals surface area contributed by atoms with Crippen LogP contribution >= 0.6 is 0 Å². The van der Waals surface area contributed by atoms with Gasteiger partial charge < -0.3 is 14.8 Å². The van der Waals surface area contributed by atoms with E-state index in [-0.39, 0.29) is 17.0 Å². The van der Waals surface area contributed by atoms with E-state index >= 15 is 0 Å². The number of rotatable bonds is 2. The summed E-state index contributed by atoms with van der Waals surface area (Å²) in [5.41, 5.74) is 0.198. The molecule has 1 aromatic rings. The van der Waals surface area contributed by atoms with Gasteiger partial charge in [-0.25, -0.2) is 0 Å². The summed E-state index contributed by atoms with van der Waals surface area (Å²) in [6, 6.07) is 6.19. The average molecular weight is 218 g/mol. The van der Waals surface area contributed by atoms with Crippen LogP contribution in [-0.4, -0.2) is 29.9 Å². The minimum absolute atomic E-state index is 0.0283. The lowest BCUT2D eigenvalue weighted by atomic mass is 10.1. The predicted molar refractivity (Wildman–Crippen MR) is 55.9 cm³/mol. The zero-order valence-corrected chi connectivity index (χ0v) is 8.81. The first-order valence-electron chi connectivity index (χ1n) is 5.30. The number of hydrogen-bond acceptors (Lipinski definition) is 3. The van der Waals surface area contributed by atoms with Crippen molar-refractivity contribution in [2.45, 2.75) is 12.8 Å². The Morgan fingerprint density at radius 3 is 2.19 bits per heavy atom. The molecule has 0 aliphatic carbocycles. The lowest BCUT2D eigenvalue weighted by Gasteiger charge is -2.17. The molecule has 84 valence electrons. The van der Waals surface area contributed by atoms with Gasteiger partial charge in [0, 0.05) is 24.2 Å². The van der Waals surface area contributed by atoms with Gasteiger partial charge in [0.2, 0.25) is 0 Å². The maximum Gasteiger partial charge on any atom is 0.254 e. The van der Waals surface area contributed by atoms with Gasteiger partial charge in [0.25, 0.3) is 5.91 Å². The van der Waals surface area contributed by atoms with E-state index in [1.807, 2.05) is 0 Å². The minimum Gasteiger partial charge on any atom is -0.545 e. The molecule has 0 N–H and O–H groups in total. The van der Waals surface area contributed by atoms with Crippen molar-refractivity contribution in [3.63, 3.8) is 0 Å². The molecule has 1 heterocycles. The summed E-state index contributed by atoms with van der Waals surface area (Å²) in [5, 5.41) is 10.9. The molecule has 0 bridgehead atoms. The monoisotopic (exact) mass is 218 g/mol. The van der Waals surface area contributed by atoms with Crippen LogP contribution < -0.4 is 5.11 Å². The maximum absolute atomic E-state index is 12.0. The maximum atomic E-state index is 12.0. The molecule has 0 unspecified atom stereocenters. The number of nitrogens with zero attached hydrogens (tertiary/aromatic N) is 1. The highest BCUT2D eigenvalue weighted by molar-refractivity contribution is 6.04. The fraction of sp³-hybridized carbons (Fsp3) is 0.333. The molecule has 1 aromatic carbocycles. The molecular weight excluding hydrogens is 206 g/mol. The first-order valence-corrected chi connectivity index (χ1v) is 5.30. The van der Waals surface area contributed by atoms with Crippen molar-refractivity contribution >= 4 is 11.9 Å². The van der Waals surface area contributed by atoms with E-state index in [0.717, 1.165) is 12.8 Å². The van der Waals surface area contributed by atoms with Gasteiger partial charge in [0.1, 0.15) is 0 Å². The molecule has 1 saturated heterocycles. The Morgan fingerprint density at radius 2 is 1.62 bits per heavy atom. The van der Waals surface area contributed by atoms with Gasteiger partial charge in [0.05, 0.1) is 5.97 Å². The van der Waals surface area contributed by atoms with Crippen molar-refractivity contribution < 1.29 is 14.7 Å². The number of aromatic carboxylic acids is 1. The van der Waals surface area contributed by atoms with Crippen LogP contribution in [0.25, 0.3) is 0 Å². The van der Waals surface area contributed by atoms with Crippen molar-refractivity contribution in [3.8, 4) is 0 Å². The quantitative estimate of drug-likeness (QED) is 0.716. The smallest absolute Gasteiger partial charge is 0.254 e. The number of amides is 1. The first kappa shape index (κ1) is 10.7. The molecule has 0 saturated carbocycles. The number of benzene rings is 1. The summed E-state index contributed by atoms with van der Waals surface area (Å²) in [6.45, 7) is 1.42. The van der Waals surface area contributed by atoms with Crippen molar-refractivity contribution in [2.75, 3.05) is 13.1 Å². The van der Waals surface area contributed by atoms with E-state index in [4.69, 9.17) is 0 Å². The fourth-order valence-electron chi connectivity index (χ4n) is 1.94. The van der Waals surface area contributed by atoms with Gasteiger partial charge in [-0.1, -0.05) is 18.2 Å². The van der Waals surface area contributed by atoms with Crippen LogP contribution in [0.4, 0.5) is 0 Å². The number of carbonyl (C=O) groups excluding carboxylic acids is 2. The second-order valence-corrected chi connectivity index (χ2v) is 3.83. The second kappa shape index (κ2) is 4.35. The van der Waals surface area contributed by atoms with E-state index in [1.165, 1.54) is 12.1 Å². The molecular formula is C12H12NO3-. The molecule has 0 radical (unpaired) electrons. The Kier molecular flexibility index (Phi) is 2.90. The molecule has 0 spiro atoms. The average Bonchev–Trinajstić information content (AvgIpc) is 2.81. The van der Waals surface area contributed by atoms with Crippen LogP contribution in [0.3, 0.4) is 0 Å². The predicted octanol–water partition coefficient (Wildman–Crippen LogP) is 0.286. The molecule has 1 aliphatic heterocycles. The molecule has 1 fully saturated rings. The van der Waals surface area contributed by atoms with Crippen LogP contribution in [0.15, 0.2) is 24.3 Å². The number of likely N-dealkylation sites (tertiary alicyclic amines) is 1. The van der Waals surface area contributed by atoms with Crippen molar-refractivity contribution in [3.05, 3.63) is 35.4 Å². The summed E-state index contributed by atoms with van der Waals surface area (Å²) in [7, 11) is 0. The Hall–Kier alpha value is -1.84. The molecule has 0 aromatic heterocycles. The lowest BCUT2D eigenvalue weighted by Crippen LogP contribution is -2.31. The van der Waals surface area contributed by atoms with Crippen LogP contribution in [0, 0.1) is 0 Å². The number of carboxylic acids is 1. The molecule has 4 heteroatoms. The number of carbonyl (C=O) groups is 2. The Bertz CT molecular complexity index is 422. The summed E-state index contributed by atoms with van der Waals surface area (Å²) in [6.07, 6.45) is 1.97. The van der Waals surface area contributed by atoms with Gasteiger partial charge in [-0.3, -0.25) is 4.79 Å². The van der Waals surface area contributed by atoms with Crippen LogP contribution in [0.2, 0.25) is 0 Å². The zero-order chi connectivity index (χ0) is 11.5. The fourth-order valence-corrected chi connectivity index (χ4v) is 1.94. The largest absolute Gasteiger partial charge is 0.545 e. The van der Waals surface area contributed by atoms with Gasteiger partial charge in [-0.15, -0.1) is 0 Å². The van der Waals surface area contributed by atoms with E-state index in [9.17, 15) is 14.7 Å². The highest BCUT2D eigenvalue weighted by Crippen LogP contribution is 2.15. The third-order valence-corrected chi connectivity index (χ3v) is 2.77. The molecule has 2 rings (SSSR count). The Morgan fingerprint density at radius 1 is 1.06 bits per heavy atom. The van der Waals surface area contributed by atoms with Crippen molar-refractivity contribution in [1.82, 2.24) is 4.90 Å². The van der Waals surface area contributed by atoms with Gasteiger partial charge in [-0.2, -0.15) is 0 Å². The van der Waals surface area contributed by atoms with E-state index < -0.39 is 5.97 Å². The normalized spacial score (nSPS) is 15.1. The van der Waals surface area contributed by atoms with Crippen molar-refractivity contribution in [2.24, 2.45) is 0 Å². The third-order valence-electron chi connectivity index (χ3n) is 2.77. The van der Waals surface area contributed by atoms with Crippen LogP contribution in [-0.2, 0) is 0 Å². The van der Waals surface area contributed by atoms with Crippen molar-refractivity contribution in [1.29, 1.82) is 0 Å². The minimum atomic E-state index is -1.30. The molecule has 1 aliphatic rings. The van der Waals surface area contributed by atoms with E-state index in [1.54, 1.807) is 17.0 Å². The molecule has 16 heavy (non-hydrogen) atoms. The summed E-state index contributed by atoms with van der Waals surface area (Å²) in [5.74, 6) is -1.51.